The van der Waals surface area contributed by atoms with Gasteiger partial charge in [-0.25, -0.2) is 9.37 Å². The van der Waals surface area contributed by atoms with Crippen LogP contribution < -0.4 is 9.75 Å². The van der Waals surface area contributed by atoms with E-state index in [1.807, 2.05) is 26.0 Å². The number of ether oxygens (including phenoxy) is 1. The number of allylic oxidation sites excluding steroid dienone is 2. The van der Waals surface area contributed by atoms with Crippen molar-refractivity contribution in [2.24, 2.45) is 5.10 Å². The zero-order chi connectivity index (χ0) is 24.4. The number of unbranched alkanes of at least 4 members (excludes halogenated alkanes) is 1. The first-order valence-electron chi connectivity index (χ1n) is 11.1. The highest BCUT2D eigenvalue weighted by atomic mass is 35.5. The van der Waals surface area contributed by atoms with Crippen molar-refractivity contribution in [3.63, 3.8) is 0 Å². The number of anilines is 1. The second kappa shape index (κ2) is 12.9. The number of likely N-dealkylation sites (N-methyl/N-ethyl adjacent to an activating group) is 1. The first-order chi connectivity index (χ1) is 15.8. The van der Waals surface area contributed by atoms with Crippen LogP contribution in [-0.2, 0) is 0 Å². The van der Waals surface area contributed by atoms with Gasteiger partial charge in [0.05, 0.1) is 22.3 Å². The molecule has 0 N–H and O–H groups in total. The standard InChI is InChI=1S/C25H32ClFN4O2/c1-6-8-9-10-13-29-30(5)24-18(3)14-21(27)15-22(24)25(32)31(7-2)19(4)17-33-23-12-11-20(26)16-28-23/h9-16,19H,6-8,17H2,1-5H3/b10-9-,29-13-/t19-/m0/s1. The van der Waals surface area contributed by atoms with Gasteiger partial charge in [0.1, 0.15) is 12.4 Å². The summed E-state index contributed by atoms with van der Waals surface area (Å²) >= 11 is 5.86. The number of halogens is 2. The fourth-order valence-corrected chi connectivity index (χ4v) is 3.51. The van der Waals surface area contributed by atoms with Crippen LogP contribution in [0.4, 0.5) is 10.1 Å². The molecule has 2 aromatic rings. The minimum Gasteiger partial charge on any atom is -0.475 e. The Bertz CT molecular complexity index is 979. The molecule has 6 nitrogen and oxygen atoms in total. The summed E-state index contributed by atoms with van der Waals surface area (Å²) in [6, 6.07) is 5.75. The molecule has 0 fully saturated rings. The van der Waals surface area contributed by atoms with Crippen LogP contribution >= 0.6 is 11.6 Å². The van der Waals surface area contributed by atoms with Gasteiger partial charge in [-0.3, -0.25) is 9.80 Å². The lowest BCUT2D eigenvalue weighted by atomic mass is 10.0. The lowest BCUT2D eigenvalue weighted by Gasteiger charge is -2.30. The van der Waals surface area contributed by atoms with Crippen molar-refractivity contribution in [3.05, 3.63) is 64.6 Å². The lowest BCUT2D eigenvalue weighted by molar-refractivity contribution is 0.0646. The molecule has 0 spiro atoms. The fraction of sp³-hybridized carbons (Fsp3) is 0.400. The van der Waals surface area contributed by atoms with Gasteiger partial charge in [0.2, 0.25) is 5.88 Å². The Labute approximate surface area is 200 Å². The number of pyridine rings is 1. The van der Waals surface area contributed by atoms with E-state index in [1.54, 1.807) is 42.2 Å². The molecule has 0 saturated carbocycles. The molecule has 0 saturated heterocycles. The van der Waals surface area contributed by atoms with Crippen molar-refractivity contribution in [3.8, 4) is 5.88 Å². The van der Waals surface area contributed by atoms with Crippen molar-refractivity contribution >= 4 is 29.4 Å². The Kier molecular flexibility index (Phi) is 10.3. The number of aromatic nitrogens is 1. The maximum atomic E-state index is 14.3. The van der Waals surface area contributed by atoms with Crippen LogP contribution in [0.5, 0.6) is 5.88 Å². The number of nitrogens with zero attached hydrogens (tertiary/aromatic N) is 4. The summed E-state index contributed by atoms with van der Waals surface area (Å²) in [4.78, 5) is 19.3. The number of carbonyl (C=O) groups excluding carboxylic acids is 1. The quantitative estimate of drug-likeness (QED) is 0.301. The van der Waals surface area contributed by atoms with Crippen molar-refractivity contribution < 1.29 is 13.9 Å². The van der Waals surface area contributed by atoms with E-state index in [2.05, 4.69) is 17.0 Å². The number of hydrogen-bond acceptors (Lipinski definition) is 5. The summed E-state index contributed by atoms with van der Waals surface area (Å²) in [5.41, 5.74) is 1.44. The molecule has 8 heteroatoms. The number of rotatable bonds is 11. The molecule has 1 heterocycles. The third-order valence-electron chi connectivity index (χ3n) is 5.04. The van der Waals surface area contributed by atoms with Crippen LogP contribution in [0, 0.1) is 12.7 Å². The highest BCUT2D eigenvalue weighted by Gasteiger charge is 2.26. The number of hydrazone groups is 1. The smallest absolute Gasteiger partial charge is 0.256 e. The maximum Gasteiger partial charge on any atom is 0.256 e. The van der Waals surface area contributed by atoms with Gasteiger partial charge in [-0.1, -0.05) is 31.0 Å². The summed E-state index contributed by atoms with van der Waals surface area (Å²) in [5.74, 6) is -0.341. The summed E-state index contributed by atoms with van der Waals surface area (Å²) in [6.07, 6.45) is 9.07. The number of carbonyl (C=O) groups is 1. The SMILES string of the molecule is CCC/C=C\C=N/N(C)c1c(C)cc(F)cc1C(=O)N(CC)[C@@H](C)COc1ccc(Cl)cn1. The molecule has 178 valence electrons. The Morgan fingerprint density at radius 3 is 2.73 bits per heavy atom. The van der Waals surface area contributed by atoms with E-state index < -0.39 is 5.82 Å². The van der Waals surface area contributed by atoms with Gasteiger partial charge in [0.15, 0.2) is 0 Å². The Hall–Kier alpha value is -2.93. The predicted molar refractivity (Wildman–Crippen MR) is 133 cm³/mol. The summed E-state index contributed by atoms with van der Waals surface area (Å²) in [5, 5.41) is 6.52. The average Bonchev–Trinajstić information content (AvgIpc) is 2.78. The zero-order valence-electron chi connectivity index (χ0n) is 19.9. The molecule has 0 aliphatic rings. The topological polar surface area (TPSA) is 58.0 Å². The van der Waals surface area contributed by atoms with Gasteiger partial charge in [0, 0.05) is 32.1 Å². The highest BCUT2D eigenvalue weighted by Crippen LogP contribution is 2.28. The van der Waals surface area contributed by atoms with E-state index >= 15 is 0 Å². The molecule has 0 aliphatic heterocycles. The lowest BCUT2D eigenvalue weighted by Crippen LogP contribution is -2.42. The number of amides is 1. The van der Waals surface area contributed by atoms with Crippen molar-refractivity contribution in [2.45, 2.75) is 46.6 Å². The average molecular weight is 475 g/mol. The molecule has 0 radical (unpaired) electrons. The van der Waals surface area contributed by atoms with E-state index in [0.29, 0.717) is 28.7 Å². The first kappa shape index (κ1) is 26.3. The summed E-state index contributed by atoms with van der Waals surface area (Å²) in [7, 11) is 1.75. The third kappa shape index (κ3) is 7.56. The van der Waals surface area contributed by atoms with Crippen molar-refractivity contribution in [1.29, 1.82) is 0 Å². The fourth-order valence-electron chi connectivity index (χ4n) is 3.40. The molecule has 0 unspecified atom stereocenters. The van der Waals surface area contributed by atoms with Crippen LogP contribution in [0.3, 0.4) is 0 Å². The van der Waals surface area contributed by atoms with Gasteiger partial charge in [-0.15, -0.1) is 0 Å². The molecule has 1 aromatic carbocycles. The Balaban J connectivity index is 2.24. The van der Waals surface area contributed by atoms with Crippen LogP contribution in [-0.4, -0.2) is 48.2 Å². The van der Waals surface area contributed by atoms with Crippen LogP contribution in [0.1, 0.15) is 49.5 Å². The van der Waals surface area contributed by atoms with Gasteiger partial charge < -0.3 is 9.64 Å². The second-order valence-corrected chi connectivity index (χ2v) is 8.13. The van der Waals surface area contributed by atoms with E-state index in [9.17, 15) is 9.18 Å². The predicted octanol–water partition coefficient (Wildman–Crippen LogP) is 5.89. The molecule has 33 heavy (non-hydrogen) atoms. The molecule has 0 bridgehead atoms. The van der Waals surface area contributed by atoms with Crippen LogP contribution in [0.15, 0.2) is 47.7 Å². The minimum absolute atomic E-state index is 0.230. The van der Waals surface area contributed by atoms with E-state index in [0.717, 1.165) is 12.8 Å². The molecule has 1 aromatic heterocycles. The molecular weight excluding hydrogens is 443 g/mol. The Morgan fingerprint density at radius 2 is 2.09 bits per heavy atom. The van der Waals surface area contributed by atoms with Crippen LogP contribution in [0.25, 0.3) is 0 Å². The number of hydrogen-bond donors (Lipinski definition) is 0. The maximum absolute atomic E-state index is 14.3. The number of aryl methyl sites for hydroxylation is 1. The third-order valence-corrected chi connectivity index (χ3v) is 5.27. The summed E-state index contributed by atoms with van der Waals surface area (Å²) < 4.78 is 20.0. The first-order valence-corrected chi connectivity index (χ1v) is 11.4. The van der Waals surface area contributed by atoms with E-state index in [4.69, 9.17) is 16.3 Å². The minimum atomic E-state index is -0.467. The molecule has 2 rings (SSSR count). The zero-order valence-corrected chi connectivity index (χ0v) is 20.6. The monoisotopic (exact) mass is 474 g/mol. The molecular formula is C25H32ClFN4O2. The molecule has 1 atom stereocenters. The van der Waals surface area contributed by atoms with E-state index in [-0.39, 0.29) is 24.1 Å². The van der Waals surface area contributed by atoms with Crippen molar-refractivity contribution in [2.75, 3.05) is 25.2 Å². The normalized spacial score (nSPS) is 12.3. The largest absolute Gasteiger partial charge is 0.475 e. The highest BCUT2D eigenvalue weighted by molar-refractivity contribution is 6.30. The number of benzene rings is 1. The van der Waals surface area contributed by atoms with E-state index in [1.165, 1.54) is 18.3 Å². The van der Waals surface area contributed by atoms with Gasteiger partial charge in [-0.05, 0) is 57.0 Å². The Morgan fingerprint density at radius 1 is 1.33 bits per heavy atom. The molecule has 1 amide bonds. The molecule has 0 aliphatic carbocycles. The van der Waals surface area contributed by atoms with Crippen LogP contribution in [0.2, 0.25) is 5.02 Å². The van der Waals surface area contributed by atoms with Gasteiger partial charge in [-0.2, -0.15) is 5.10 Å². The second-order valence-electron chi connectivity index (χ2n) is 7.69. The summed E-state index contributed by atoms with van der Waals surface area (Å²) in [6.45, 7) is 8.28. The van der Waals surface area contributed by atoms with Crippen molar-refractivity contribution in [1.82, 2.24) is 9.88 Å². The van der Waals surface area contributed by atoms with Gasteiger partial charge >= 0.3 is 0 Å². The van der Waals surface area contributed by atoms with Gasteiger partial charge in [0.25, 0.3) is 5.91 Å².